The monoisotopic (exact) mass is 581 g/mol. The van der Waals surface area contributed by atoms with Gasteiger partial charge in [-0.15, -0.1) is 0 Å². The number of halogens is 3. The van der Waals surface area contributed by atoms with E-state index in [4.69, 9.17) is 9.84 Å². The van der Waals surface area contributed by atoms with Crippen LogP contribution in [0.2, 0.25) is 0 Å². The molecule has 5 nitrogen and oxygen atoms in total. The Morgan fingerprint density at radius 3 is 2.42 bits per heavy atom. The molecule has 0 atom stereocenters. The number of carbonyl (C=O) groups is 2. The molecule has 0 saturated heterocycles. The largest absolute Gasteiger partial charge is 0.487 e. The number of hydrogen-bond donors (Lipinski definition) is 2. The van der Waals surface area contributed by atoms with Gasteiger partial charge in [0.25, 0.3) is 0 Å². The minimum Gasteiger partial charge on any atom is -0.487 e. The van der Waals surface area contributed by atoms with E-state index in [0.717, 1.165) is 7.14 Å². The minimum atomic E-state index is -1.23. The number of nitrogens with one attached hydrogen (secondary N) is 1. The molecule has 0 unspecified atom stereocenters. The third-order valence-electron chi connectivity index (χ3n) is 3.14. The predicted molar refractivity (Wildman–Crippen MR) is 112 cm³/mol. The van der Waals surface area contributed by atoms with Crippen molar-refractivity contribution in [1.29, 1.82) is 0 Å². The highest BCUT2D eigenvalue weighted by molar-refractivity contribution is 14.1. The smallest absolute Gasteiger partial charge is 0.352 e. The lowest BCUT2D eigenvalue weighted by Crippen LogP contribution is -2.24. The first-order valence-corrected chi connectivity index (χ1v) is 9.51. The molecule has 136 valence electrons. The molecule has 0 spiro atoms. The first kappa shape index (κ1) is 20.6. The van der Waals surface area contributed by atoms with Gasteiger partial charge in [0.1, 0.15) is 23.9 Å². The summed E-state index contributed by atoms with van der Waals surface area (Å²) >= 11 is 4.17. The van der Waals surface area contributed by atoms with E-state index in [-0.39, 0.29) is 18.1 Å². The summed E-state index contributed by atoms with van der Waals surface area (Å²) in [5.41, 5.74) is 1.11. The normalized spacial score (nSPS) is 11.2. The molecule has 0 bridgehead atoms. The van der Waals surface area contributed by atoms with Crippen LogP contribution in [0.25, 0.3) is 6.08 Å². The third-order valence-corrected chi connectivity index (χ3v) is 4.75. The first-order chi connectivity index (χ1) is 12.3. The Labute approximate surface area is 176 Å². The van der Waals surface area contributed by atoms with Crippen LogP contribution in [0.4, 0.5) is 4.39 Å². The number of rotatable bonds is 6. The molecular weight excluding hydrogens is 567 g/mol. The molecule has 0 aliphatic carbocycles. The van der Waals surface area contributed by atoms with Gasteiger partial charge in [0.2, 0.25) is 5.91 Å². The molecule has 0 fully saturated rings. The quantitative estimate of drug-likeness (QED) is 0.397. The number of amides is 1. The zero-order valence-electron chi connectivity index (χ0n) is 13.6. The van der Waals surface area contributed by atoms with Gasteiger partial charge in [0.05, 0.1) is 7.14 Å². The lowest BCUT2D eigenvalue weighted by molar-refractivity contribution is -0.134. The molecule has 0 saturated carbocycles. The number of carbonyl (C=O) groups excluding carboxylic acids is 1. The molecular formula is C18H14FI2NO4. The van der Waals surface area contributed by atoms with Gasteiger partial charge < -0.3 is 15.2 Å². The van der Waals surface area contributed by atoms with Gasteiger partial charge in [-0.2, -0.15) is 0 Å². The summed E-state index contributed by atoms with van der Waals surface area (Å²) in [5.74, 6) is -1.38. The highest BCUT2D eigenvalue weighted by atomic mass is 127. The van der Waals surface area contributed by atoms with E-state index in [2.05, 4.69) is 50.5 Å². The second kappa shape index (κ2) is 9.31. The summed E-state index contributed by atoms with van der Waals surface area (Å²) in [6.45, 7) is 1.46. The minimum absolute atomic E-state index is 0.211. The number of hydrogen-bond acceptors (Lipinski definition) is 3. The van der Waals surface area contributed by atoms with E-state index in [9.17, 15) is 14.0 Å². The fourth-order valence-corrected chi connectivity index (χ4v) is 4.22. The number of carboxylic acids is 1. The summed E-state index contributed by atoms with van der Waals surface area (Å²) in [5, 5.41) is 11.5. The third kappa shape index (κ3) is 5.94. The van der Waals surface area contributed by atoms with E-state index in [0.29, 0.717) is 16.9 Å². The Morgan fingerprint density at radius 1 is 1.23 bits per heavy atom. The van der Waals surface area contributed by atoms with Crippen molar-refractivity contribution in [3.8, 4) is 5.75 Å². The predicted octanol–water partition coefficient (Wildman–Crippen LogP) is 4.18. The van der Waals surface area contributed by atoms with Crippen LogP contribution in [-0.4, -0.2) is 17.0 Å². The van der Waals surface area contributed by atoms with Gasteiger partial charge in [0.15, 0.2) is 0 Å². The van der Waals surface area contributed by atoms with E-state index in [1.165, 1.54) is 25.1 Å². The van der Waals surface area contributed by atoms with Crippen molar-refractivity contribution in [2.75, 3.05) is 0 Å². The number of aliphatic carboxylic acids is 1. The molecule has 0 radical (unpaired) electrons. The molecule has 0 aliphatic heterocycles. The second-order valence-electron chi connectivity index (χ2n) is 5.28. The SMILES string of the molecule is CC(=O)NC(=Cc1cc(I)c(OCc2cccc(F)c2)c(I)c1)C(=O)O. The number of ether oxygens (including phenoxy) is 1. The molecule has 8 heteroatoms. The van der Waals surface area contributed by atoms with Crippen molar-refractivity contribution in [3.05, 3.63) is 66.2 Å². The Balaban J connectivity index is 2.24. The highest BCUT2D eigenvalue weighted by Crippen LogP contribution is 2.30. The molecule has 2 N–H and O–H groups in total. The average molecular weight is 581 g/mol. The van der Waals surface area contributed by atoms with Crippen molar-refractivity contribution in [3.63, 3.8) is 0 Å². The maximum Gasteiger partial charge on any atom is 0.352 e. The van der Waals surface area contributed by atoms with Gasteiger partial charge in [0, 0.05) is 6.92 Å². The zero-order chi connectivity index (χ0) is 19.3. The van der Waals surface area contributed by atoms with E-state index >= 15 is 0 Å². The Morgan fingerprint density at radius 2 is 1.88 bits per heavy atom. The molecule has 26 heavy (non-hydrogen) atoms. The maximum absolute atomic E-state index is 13.2. The zero-order valence-corrected chi connectivity index (χ0v) is 17.9. The number of carboxylic acid groups (broad SMARTS) is 1. The van der Waals surface area contributed by atoms with Crippen LogP contribution in [0.3, 0.4) is 0 Å². The summed E-state index contributed by atoms with van der Waals surface area (Å²) in [6, 6.07) is 9.65. The standard InChI is InChI=1S/C18H14FI2NO4/c1-10(23)22-16(18(24)25)8-12-6-14(20)17(15(21)7-12)26-9-11-3-2-4-13(19)5-11/h2-8H,9H2,1H3,(H,22,23)(H,24,25). The van der Waals surface area contributed by atoms with Gasteiger partial charge in [-0.05, 0) is 86.7 Å². The van der Waals surface area contributed by atoms with Crippen LogP contribution < -0.4 is 10.1 Å². The summed E-state index contributed by atoms with van der Waals surface area (Å²) < 4.78 is 20.6. The van der Waals surface area contributed by atoms with Crippen molar-refractivity contribution < 1.29 is 23.8 Å². The van der Waals surface area contributed by atoms with Crippen molar-refractivity contribution in [2.24, 2.45) is 0 Å². The van der Waals surface area contributed by atoms with Crippen LogP contribution in [0.5, 0.6) is 5.75 Å². The van der Waals surface area contributed by atoms with E-state index in [1.54, 1.807) is 24.3 Å². The van der Waals surface area contributed by atoms with E-state index in [1.807, 2.05) is 0 Å². The molecule has 0 aliphatic rings. The number of benzene rings is 2. The van der Waals surface area contributed by atoms with Gasteiger partial charge >= 0.3 is 5.97 Å². The van der Waals surface area contributed by atoms with Crippen LogP contribution in [0, 0.1) is 13.0 Å². The van der Waals surface area contributed by atoms with Gasteiger partial charge in [-0.1, -0.05) is 12.1 Å². The fraction of sp³-hybridized carbons (Fsp3) is 0.111. The molecule has 1 amide bonds. The van der Waals surface area contributed by atoms with Crippen LogP contribution >= 0.6 is 45.2 Å². The molecule has 2 rings (SSSR count). The lowest BCUT2D eigenvalue weighted by atomic mass is 10.2. The summed E-state index contributed by atoms with van der Waals surface area (Å²) in [6.07, 6.45) is 1.38. The van der Waals surface area contributed by atoms with Crippen LogP contribution in [0.1, 0.15) is 18.1 Å². The van der Waals surface area contributed by atoms with Gasteiger partial charge in [-0.25, -0.2) is 9.18 Å². The molecule has 2 aromatic carbocycles. The van der Waals surface area contributed by atoms with E-state index < -0.39 is 11.9 Å². The highest BCUT2D eigenvalue weighted by Gasteiger charge is 2.12. The Kier molecular flexibility index (Phi) is 7.38. The Hall–Kier alpha value is -1.69. The molecule has 0 aromatic heterocycles. The molecule has 0 heterocycles. The lowest BCUT2D eigenvalue weighted by Gasteiger charge is -2.12. The average Bonchev–Trinajstić information content (AvgIpc) is 2.53. The van der Waals surface area contributed by atoms with Crippen molar-refractivity contribution in [2.45, 2.75) is 13.5 Å². The first-order valence-electron chi connectivity index (χ1n) is 7.35. The second-order valence-corrected chi connectivity index (χ2v) is 7.60. The van der Waals surface area contributed by atoms with Crippen LogP contribution in [-0.2, 0) is 16.2 Å². The van der Waals surface area contributed by atoms with Crippen molar-refractivity contribution >= 4 is 63.1 Å². The Bertz CT molecular complexity index is 860. The summed E-state index contributed by atoms with van der Waals surface area (Å²) in [7, 11) is 0. The molecule has 2 aromatic rings. The van der Waals surface area contributed by atoms with Gasteiger partial charge in [-0.3, -0.25) is 4.79 Å². The fourth-order valence-electron chi connectivity index (χ4n) is 2.09. The van der Waals surface area contributed by atoms with Crippen LogP contribution in [0.15, 0.2) is 42.1 Å². The maximum atomic E-state index is 13.2. The topological polar surface area (TPSA) is 75.6 Å². The van der Waals surface area contributed by atoms with Crippen molar-refractivity contribution in [1.82, 2.24) is 5.32 Å². The summed E-state index contributed by atoms with van der Waals surface area (Å²) in [4.78, 5) is 22.3.